The first-order valence-corrected chi connectivity index (χ1v) is 11.9. The van der Waals surface area contributed by atoms with Crippen LogP contribution < -0.4 is 16.6 Å². The maximum Gasteiger partial charge on any atom is 0.254 e. The van der Waals surface area contributed by atoms with Gasteiger partial charge in [-0.1, -0.05) is 11.8 Å². The molecule has 1 aliphatic carbocycles. The van der Waals surface area contributed by atoms with Gasteiger partial charge in [-0.15, -0.1) is 0 Å². The third-order valence-electron chi connectivity index (χ3n) is 5.63. The van der Waals surface area contributed by atoms with Crippen molar-refractivity contribution in [3.63, 3.8) is 0 Å². The minimum atomic E-state index is -0.172. The lowest BCUT2D eigenvalue weighted by atomic mass is 9.97. The van der Waals surface area contributed by atoms with Crippen molar-refractivity contribution in [1.82, 2.24) is 9.97 Å². The third-order valence-corrected chi connectivity index (χ3v) is 6.59. The van der Waals surface area contributed by atoms with Crippen LogP contribution in [0.5, 0.6) is 0 Å². The van der Waals surface area contributed by atoms with Crippen LogP contribution in [0.2, 0.25) is 0 Å². The van der Waals surface area contributed by atoms with Gasteiger partial charge in [-0.3, -0.25) is 19.4 Å². The Balaban J connectivity index is 1.27. The molecule has 0 spiro atoms. The fourth-order valence-electron chi connectivity index (χ4n) is 4.18. The zero-order valence-corrected chi connectivity index (χ0v) is 18.9. The summed E-state index contributed by atoms with van der Waals surface area (Å²) in [6.07, 6.45) is 5.76. The van der Waals surface area contributed by atoms with Gasteiger partial charge in [0.2, 0.25) is 5.91 Å². The van der Waals surface area contributed by atoms with E-state index in [0.29, 0.717) is 41.5 Å². The number of rotatable bonds is 8. The number of aromatic nitrogens is 2. The number of H-pyrrole nitrogens is 1. The number of fused-ring (bicyclic) bond motifs is 2. The minimum Gasteiger partial charge on any atom is -0.399 e. The second-order valence-electron chi connectivity index (χ2n) is 8.27. The van der Waals surface area contributed by atoms with Crippen molar-refractivity contribution in [2.75, 3.05) is 16.8 Å². The molecule has 4 N–H and O–H groups in total. The van der Waals surface area contributed by atoms with Crippen molar-refractivity contribution < 1.29 is 9.59 Å². The fourth-order valence-corrected chi connectivity index (χ4v) is 5.01. The molecule has 32 heavy (non-hydrogen) atoms. The minimum absolute atomic E-state index is 0.0219. The van der Waals surface area contributed by atoms with Gasteiger partial charge in [-0.2, -0.15) is 0 Å². The monoisotopic (exact) mass is 453 g/mol. The summed E-state index contributed by atoms with van der Waals surface area (Å²) in [4.78, 5) is 48.2. The molecule has 8 nitrogen and oxygen atoms in total. The van der Waals surface area contributed by atoms with Gasteiger partial charge in [0, 0.05) is 60.2 Å². The first kappa shape index (κ1) is 22.3. The highest BCUT2D eigenvalue weighted by Crippen LogP contribution is 2.36. The molecule has 1 aliphatic heterocycles. The molecular weight excluding hydrogens is 426 g/mol. The van der Waals surface area contributed by atoms with Crippen LogP contribution in [0, 0.1) is 0 Å². The molecule has 1 amide bonds. The lowest BCUT2D eigenvalue weighted by Crippen LogP contribution is -2.21. The van der Waals surface area contributed by atoms with Crippen LogP contribution in [0.15, 0.2) is 27.1 Å². The van der Waals surface area contributed by atoms with Crippen molar-refractivity contribution >= 4 is 46.2 Å². The highest BCUT2D eigenvalue weighted by molar-refractivity contribution is 7.99. The number of hydrogen-bond donors (Lipinski definition) is 3. The fraction of sp³-hybridized carbons (Fsp3) is 0.435. The van der Waals surface area contributed by atoms with Crippen LogP contribution in [0.1, 0.15) is 55.8 Å². The Morgan fingerprint density at radius 3 is 2.84 bits per heavy atom. The standard InChI is InChI=1S/C23H27N5O3S/c1-13(29)25-20-9-14(24)10-21-18(20)12-15(26-21)11-16(30)5-4-8-32-23-27-19-7-3-2-6-17(19)22(31)28-23/h9-10H,2-8,11-12,24H2,1H3,(H,25,29)(H,27,28,31). The van der Waals surface area contributed by atoms with E-state index in [4.69, 9.17) is 5.73 Å². The average Bonchev–Trinajstić information content (AvgIpc) is 3.13. The molecule has 2 aromatic rings. The first-order chi connectivity index (χ1) is 15.4. The zero-order chi connectivity index (χ0) is 22.7. The molecule has 0 radical (unpaired) electrons. The molecule has 1 aromatic carbocycles. The molecule has 168 valence electrons. The Hall–Kier alpha value is -2.94. The number of nitrogens with two attached hydrogens (primary N) is 1. The molecule has 0 atom stereocenters. The molecule has 2 aliphatic rings. The molecule has 1 aromatic heterocycles. The summed E-state index contributed by atoms with van der Waals surface area (Å²) < 4.78 is 0. The number of hydrogen-bond acceptors (Lipinski definition) is 7. The first-order valence-electron chi connectivity index (χ1n) is 10.9. The van der Waals surface area contributed by atoms with Gasteiger partial charge in [0.1, 0.15) is 5.78 Å². The van der Waals surface area contributed by atoms with Crippen LogP contribution in [0.4, 0.5) is 17.1 Å². The smallest absolute Gasteiger partial charge is 0.254 e. The Kier molecular flexibility index (Phi) is 6.74. The topological polar surface area (TPSA) is 130 Å². The molecule has 9 heteroatoms. The molecule has 0 fully saturated rings. The van der Waals surface area contributed by atoms with Crippen molar-refractivity contribution in [2.24, 2.45) is 4.99 Å². The number of amides is 1. The van der Waals surface area contributed by atoms with Crippen molar-refractivity contribution in [2.45, 2.75) is 63.4 Å². The maximum atomic E-state index is 12.5. The van der Waals surface area contributed by atoms with E-state index in [0.717, 1.165) is 53.9 Å². The van der Waals surface area contributed by atoms with Gasteiger partial charge >= 0.3 is 0 Å². The highest BCUT2D eigenvalue weighted by Gasteiger charge is 2.21. The number of aliphatic imine (C=N–C) groups is 1. The average molecular weight is 454 g/mol. The number of thioether (sulfide) groups is 1. The molecule has 4 rings (SSSR count). The van der Waals surface area contributed by atoms with Gasteiger partial charge < -0.3 is 16.0 Å². The van der Waals surface area contributed by atoms with Crippen LogP contribution >= 0.6 is 11.8 Å². The quantitative estimate of drug-likeness (QED) is 0.243. The lowest BCUT2D eigenvalue weighted by Gasteiger charge is -2.14. The van der Waals surface area contributed by atoms with Crippen LogP contribution in [0.3, 0.4) is 0 Å². The molecule has 0 unspecified atom stereocenters. The number of ketones is 1. The van der Waals surface area contributed by atoms with Gasteiger partial charge in [0.05, 0.1) is 11.4 Å². The van der Waals surface area contributed by atoms with E-state index >= 15 is 0 Å². The molecule has 0 saturated heterocycles. The number of nitrogen functional groups attached to an aromatic ring is 1. The second kappa shape index (κ2) is 9.68. The Morgan fingerprint density at radius 1 is 1.22 bits per heavy atom. The zero-order valence-electron chi connectivity index (χ0n) is 18.1. The number of aryl methyl sites for hydroxylation is 1. The molecule has 0 saturated carbocycles. The van der Waals surface area contributed by atoms with Crippen molar-refractivity contribution in [1.29, 1.82) is 0 Å². The summed E-state index contributed by atoms with van der Waals surface area (Å²) >= 11 is 1.49. The van der Waals surface area contributed by atoms with E-state index in [1.165, 1.54) is 18.7 Å². The summed E-state index contributed by atoms with van der Waals surface area (Å²) in [6, 6.07) is 3.48. The summed E-state index contributed by atoms with van der Waals surface area (Å²) in [5.74, 6) is 0.663. The van der Waals surface area contributed by atoms with E-state index in [-0.39, 0.29) is 23.7 Å². The summed E-state index contributed by atoms with van der Waals surface area (Å²) in [7, 11) is 0. The largest absolute Gasteiger partial charge is 0.399 e. The number of Topliss-reactive ketones (excluding diaryl/α,β-unsaturated/α-hetero) is 1. The normalized spacial score (nSPS) is 14.5. The van der Waals surface area contributed by atoms with E-state index in [1.807, 2.05) is 0 Å². The van der Waals surface area contributed by atoms with Crippen molar-refractivity contribution in [3.8, 4) is 0 Å². The van der Waals surface area contributed by atoms with Crippen molar-refractivity contribution in [3.05, 3.63) is 39.3 Å². The molecule has 2 heterocycles. The number of carbonyl (C=O) groups is 2. The predicted molar refractivity (Wildman–Crippen MR) is 127 cm³/mol. The van der Waals surface area contributed by atoms with E-state index in [9.17, 15) is 14.4 Å². The third kappa shape index (κ3) is 5.27. The maximum absolute atomic E-state index is 12.5. The molecular formula is C23H27N5O3S. The number of nitrogens with one attached hydrogen (secondary N) is 2. The van der Waals surface area contributed by atoms with Gasteiger partial charge in [0.25, 0.3) is 5.56 Å². The van der Waals surface area contributed by atoms with Gasteiger partial charge in [-0.25, -0.2) is 4.98 Å². The lowest BCUT2D eigenvalue weighted by molar-refractivity contribution is -0.118. The van der Waals surface area contributed by atoms with Gasteiger partial charge in [0.15, 0.2) is 5.16 Å². The van der Waals surface area contributed by atoms with Gasteiger partial charge in [-0.05, 0) is 44.2 Å². The number of aromatic amines is 1. The summed E-state index contributed by atoms with van der Waals surface area (Å²) in [6.45, 7) is 1.45. The number of benzene rings is 1. The van der Waals surface area contributed by atoms with E-state index in [1.54, 1.807) is 12.1 Å². The number of nitrogens with zero attached hydrogens (tertiary/aromatic N) is 2. The van der Waals surface area contributed by atoms with Crippen LogP contribution in [0.25, 0.3) is 0 Å². The van der Waals surface area contributed by atoms with E-state index in [2.05, 4.69) is 20.3 Å². The second-order valence-corrected chi connectivity index (χ2v) is 9.36. The van der Waals surface area contributed by atoms with Crippen LogP contribution in [-0.2, 0) is 28.9 Å². The highest BCUT2D eigenvalue weighted by atomic mass is 32.2. The Morgan fingerprint density at radius 2 is 2.03 bits per heavy atom. The SMILES string of the molecule is CC(=O)Nc1cc(N)cc2c1CC(CC(=O)CCCSc1nc3c(c(=O)[nH]1)CCCC3)=N2. The summed E-state index contributed by atoms with van der Waals surface area (Å²) in [5, 5.41) is 3.43. The van der Waals surface area contributed by atoms with Crippen LogP contribution in [-0.4, -0.2) is 33.1 Å². The Bertz CT molecular complexity index is 1160. The summed E-state index contributed by atoms with van der Waals surface area (Å²) in [5.41, 5.74) is 11.2. The number of anilines is 2. The number of carbonyl (C=O) groups excluding carboxylic acids is 2. The van der Waals surface area contributed by atoms with E-state index < -0.39 is 0 Å². The Labute approximate surface area is 190 Å². The molecule has 0 bridgehead atoms. The predicted octanol–water partition coefficient (Wildman–Crippen LogP) is 3.35.